The lowest BCUT2D eigenvalue weighted by Gasteiger charge is -2.33. The second-order valence-corrected chi connectivity index (χ2v) is 7.26. The van der Waals surface area contributed by atoms with E-state index in [4.69, 9.17) is 5.73 Å². The number of nitrogens with two attached hydrogens (primary N) is 1. The Morgan fingerprint density at radius 3 is 2.29 bits per heavy atom. The fraction of sp³-hybridized carbons (Fsp3) is 0.600. The van der Waals surface area contributed by atoms with Crippen molar-refractivity contribution in [2.45, 2.75) is 39.2 Å². The first-order chi connectivity index (χ1) is 10.1. The van der Waals surface area contributed by atoms with Gasteiger partial charge in [0.2, 0.25) is 0 Å². The zero-order chi connectivity index (χ0) is 15.3. The highest BCUT2D eigenvalue weighted by Crippen LogP contribution is 2.24. The summed E-state index contributed by atoms with van der Waals surface area (Å²) in [5.41, 5.74) is 7.32. The molecule has 5 nitrogen and oxygen atoms in total. The van der Waals surface area contributed by atoms with E-state index in [0.717, 1.165) is 36.9 Å². The average molecular weight is 311 g/mol. The molecule has 1 aromatic carbocycles. The first kappa shape index (κ1) is 16.3. The smallest absolute Gasteiger partial charge is 0.304 e. The molecule has 1 aromatic rings. The Hall–Kier alpha value is -1.11. The van der Waals surface area contributed by atoms with Crippen molar-refractivity contribution in [3.8, 4) is 0 Å². The molecular formula is C15H25N3O2S. The number of hydrogen-bond acceptors (Lipinski definition) is 3. The van der Waals surface area contributed by atoms with E-state index in [1.165, 1.54) is 4.31 Å². The Morgan fingerprint density at radius 2 is 1.76 bits per heavy atom. The Kier molecular flexibility index (Phi) is 5.61. The van der Waals surface area contributed by atoms with Crippen LogP contribution in [0.5, 0.6) is 0 Å². The molecule has 0 bridgehead atoms. The summed E-state index contributed by atoms with van der Waals surface area (Å²) in [6.07, 6.45) is 3.80. The summed E-state index contributed by atoms with van der Waals surface area (Å²) in [7, 11) is -3.42. The Balaban J connectivity index is 2.27. The van der Waals surface area contributed by atoms with Gasteiger partial charge in [-0.1, -0.05) is 25.5 Å². The summed E-state index contributed by atoms with van der Waals surface area (Å²) in [5.74, 6) is 0. The summed E-state index contributed by atoms with van der Waals surface area (Å²) < 4.78 is 28.9. The second kappa shape index (κ2) is 7.24. The lowest BCUT2D eigenvalue weighted by Crippen LogP contribution is -2.46. The Bertz CT molecular complexity index is 537. The second-order valence-electron chi connectivity index (χ2n) is 5.41. The van der Waals surface area contributed by atoms with Gasteiger partial charge in [0, 0.05) is 26.2 Å². The van der Waals surface area contributed by atoms with E-state index in [-0.39, 0.29) is 0 Å². The minimum absolute atomic E-state index is 0.465. The minimum Gasteiger partial charge on any atom is -0.326 e. The molecular weight excluding hydrogens is 286 g/mol. The highest BCUT2D eigenvalue weighted by molar-refractivity contribution is 7.90. The molecule has 21 heavy (non-hydrogen) atoms. The maximum Gasteiger partial charge on any atom is 0.304 e. The first-order valence-corrected chi connectivity index (χ1v) is 9.06. The number of hydrogen-bond donors (Lipinski definition) is 1. The predicted molar refractivity (Wildman–Crippen MR) is 86.3 cm³/mol. The molecule has 6 heteroatoms. The minimum atomic E-state index is -3.42. The third-order valence-electron chi connectivity index (χ3n) is 3.81. The maximum atomic E-state index is 12.9. The number of piperidine rings is 1. The molecule has 1 fully saturated rings. The monoisotopic (exact) mass is 311 g/mol. The molecule has 1 heterocycles. The van der Waals surface area contributed by atoms with Crippen LogP contribution in [0.3, 0.4) is 0 Å². The van der Waals surface area contributed by atoms with E-state index in [9.17, 15) is 8.42 Å². The average Bonchev–Trinajstić information content (AvgIpc) is 2.53. The van der Waals surface area contributed by atoms with Crippen LogP contribution in [-0.2, 0) is 16.8 Å². The third kappa shape index (κ3) is 3.75. The number of anilines is 1. The van der Waals surface area contributed by atoms with Crippen LogP contribution in [0.1, 0.15) is 38.2 Å². The molecule has 2 N–H and O–H groups in total. The molecule has 2 rings (SSSR count). The largest absolute Gasteiger partial charge is 0.326 e. The predicted octanol–water partition coefficient (Wildman–Crippen LogP) is 2.09. The third-order valence-corrected chi connectivity index (χ3v) is 5.77. The van der Waals surface area contributed by atoms with Crippen molar-refractivity contribution in [3.63, 3.8) is 0 Å². The van der Waals surface area contributed by atoms with Crippen molar-refractivity contribution in [3.05, 3.63) is 29.8 Å². The molecule has 0 amide bonds. The topological polar surface area (TPSA) is 66.6 Å². The normalized spacial score (nSPS) is 16.9. The highest BCUT2D eigenvalue weighted by atomic mass is 32.2. The van der Waals surface area contributed by atoms with E-state index >= 15 is 0 Å². The van der Waals surface area contributed by atoms with Gasteiger partial charge in [0.1, 0.15) is 0 Å². The van der Waals surface area contributed by atoms with Crippen LogP contribution in [0.4, 0.5) is 5.69 Å². The van der Waals surface area contributed by atoms with E-state index < -0.39 is 10.2 Å². The fourth-order valence-corrected chi connectivity index (χ4v) is 4.41. The first-order valence-electron chi connectivity index (χ1n) is 7.66. The lowest BCUT2D eigenvalue weighted by atomic mass is 10.2. The summed E-state index contributed by atoms with van der Waals surface area (Å²) in [5, 5.41) is 0. The van der Waals surface area contributed by atoms with Crippen LogP contribution in [0.25, 0.3) is 0 Å². The zero-order valence-electron chi connectivity index (χ0n) is 12.7. The molecule has 118 valence electrons. The summed E-state index contributed by atoms with van der Waals surface area (Å²) in [6.45, 7) is 4.22. The van der Waals surface area contributed by atoms with Crippen molar-refractivity contribution in [2.24, 2.45) is 5.73 Å². The quantitative estimate of drug-likeness (QED) is 0.875. The zero-order valence-corrected chi connectivity index (χ0v) is 13.5. The van der Waals surface area contributed by atoms with E-state index in [1.807, 2.05) is 31.2 Å². The van der Waals surface area contributed by atoms with Crippen LogP contribution in [0.15, 0.2) is 24.3 Å². The molecule has 0 aliphatic carbocycles. The van der Waals surface area contributed by atoms with Crippen LogP contribution in [-0.4, -0.2) is 32.4 Å². The molecule has 0 radical (unpaired) electrons. The van der Waals surface area contributed by atoms with Gasteiger partial charge in [-0.05, 0) is 37.0 Å². The van der Waals surface area contributed by atoms with Crippen LogP contribution in [0.2, 0.25) is 0 Å². The van der Waals surface area contributed by atoms with Gasteiger partial charge in [-0.25, -0.2) is 0 Å². The van der Waals surface area contributed by atoms with E-state index in [1.54, 1.807) is 4.31 Å². The molecule has 0 aromatic heterocycles. The van der Waals surface area contributed by atoms with Crippen molar-refractivity contribution in [1.82, 2.24) is 4.31 Å². The van der Waals surface area contributed by atoms with Gasteiger partial charge < -0.3 is 5.73 Å². The molecule has 1 aliphatic rings. The van der Waals surface area contributed by atoms with Gasteiger partial charge in [-0.2, -0.15) is 12.7 Å². The van der Waals surface area contributed by atoms with E-state index in [0.29, 0.717) is 26.2 Å². The molecule has 1 saturated heterocycles. The molecule has 1 aliphatic heterocycles. The van der Waals surface area contributed by atoms with Crippen LogP contribution < -0.4 is 10.0 Å². The van der Waals surface area contributed by atoms with Crippen molar-refractivity contribution < 1.29 is 8.42 Å². The molecule has 0 atom stereocenters. The van der Waals surface area contributed by atoms with E-state index in [2.05, 4.69) is 0 Å². The summed E-state index contributed by atoms with van der Waals surface area (Å²) >= 11 is 0. The molecule has 0 spiro atoms. The number of benzene rings is 1. The Morgan fingerprint density at radius 1 is 1.14 bits per heavy atom. The lowest BCUT2D eigenvalue weighted by molar-refractivity contribution is 0.345. The van der Waals surface area contributed by atoms with Crippen LogP contribution >= 0.6 is 0 Å². The highest BCUT2D eigenvalue weighted by Gasteiger charge is 2.30. The molecule has 0 unspecified atom stereocenters. The summed E-state index contributed by atoms with van der Waals surface area (Å²) in [4.78, 5) is 0. The Labute approximate surface area is 127 Å². The SMILES string of the molecule is CCCN(c1ccc(CN)cc1)S(=O)(=O)N1CCCCC1. The van der Waals surface area contributed by atoms with Crippen molar-refractivity contribution in [2.75, 3.05) is 23.9 Å². The van der Waals surface area contributed by atoms with Gasteiger partial charge in [0.15, 0.2) is 0 Å². The maximum absolute atomic E-state index is 12.9. The number of nitrogens with zero attached hydrogens (tertiary/aromatic N) is 2. The van der Waals surface area contributed by atoms with Gasteiger partial charge in [-0.15, -0.1) is 0 Å². The standard InChI is InChI=1S/C15H25N3O2S/c1-2-10-18(15-8-6-14(13-16)7-9-15)21(19,20)17-11-4-3-5-12-17/h6-9H,2-5,10-13,16H2,1H3. The van der Waals surface area contributed by atoms with Gasteiger partial charge in [-0.3, -0.25) is 4.31 Å². The van der Waals surface area contributed by atoms with Crippen molar-refractivity contribution in [1.29, 1.82) is 0 Å². The van der Waals surface area contributed by atoms with Gasteiger partial charge in [0.25, 0.3) is 0 Å². The molecule has 0 saturated carbocycles. The van der Waals surface area contributed by atoms with Crippen LogP contribution in [0, 0.1) is 0 Å². The van der Waals surface area contributed by atoms with Gasteiger partial charge in [0.05, 0.1) is 5.69 Å². The summed E-state index contributed by atoms with van der Waals surface area (Å²) in [6, 6.07) is 7.48. The van der Waals surface area contributed by atoms with Crippen molar-refractivity contribution >= 4 is 15.9 Å². The number of rotatable bonds is 6. The fourth-order valence-electron chi connectivity index (χ4n) is 2.61. The van der Waals surface area contributed by atoms with Gasteiger partial charge >= 0.3 is 10.2 Å².